The molecule has 1 spiro atoms. The van der Waals surface area contributed by atoms with Crippen LogP contribution in [0.1, 0.15) is 20.7 Å². The Morgan fingerprint density at radius 2 is 1.38 bits per heavy atom. The Labute approximate surface area is 75.2 Å². The van der Waals surface area contributed by atoms with Crippen LogP contribution in [-0.2, 0) is 0 Å². The van der Waals surface area contributed by atoms with E-state index in [9.17, 15) is 9.59 Å². The van der Waals surface area contributed by atoms with Gasteiger partial charge in [0.2, 0.25) is 0 Å². The Kier molecular flexibility index (Phi) is 1.01. The monoisotopic (exact) mass is 174 g/mol. The first kappa shape index (κ1) is 6.97. The molecule has 13 heavy (non-hydrogen) atoms. The van der Waals surface area contributed by atoms with Gasteiger partial charge >= 0.3 is 11.8 Å². The van der Waals surface area contributed by atoms with Crippen molar-refractivity contribution in [2.24, 2.45) is 0 Å². The molecule has 3 heteroatoms. The zero-order chi connectivity index (χ0) is 9.05. The molecule has 2 aliphatic rings. The van der Waals surface area contributed by atoms with E-state index in [1.165, 1.54) is 0 Å². The van der Waals surface area contributed by atoms with Crippen molar-refractivity contribution in [1.29, 1.82) is 0 Å². The van der Waals surface area contributed by atoms with Gasteiger partial charge in [-0.2, -0.15) is 4.48 Å². The molecule has 3 rings (SSSR count). The maximum absolute atomic E-state index is 11.7. The molecule has 2 aliphatic heterocycles. The number of quaternary nitrogens is 1. The molecule has 2 heterocycles. The lowest BCUT2D eigenvalue weighted by Gasteiger charge is -2.00. The summed E-state index contributed by atoms with van der Waals surface area (Å²) in [5.41, 5.74) is 1.20. The number of carbonyl (C=O) groups is 2. The van der Waals surface area contributed by atoms with Crippen LogP contribution in [0.2, 0.25) is 0 Å². The highest BCUT2D eigenvalue weighted by atomic mass is 16.2. The maximum Gasteiger partial charge on any atom is 0.354 e. The van der Waals surface area contributed by atoms with Crippen molar-refractivity contribution in [1.82, 2.24) is 0 Å². The smallest absolute Gasteiger partial charge is 0.225 e. The van der Waals surface area contributed by atoms with E-state index < -0.39 is 0 Å². The summed E-state index contributed by atoms with van der Waals surface area (Å²) in [7, 11) is 0. The first-order chi connectivity index (χ1) is 6.26. The SMILES string of the molecule is O=C1c2ccccc2C(=O)[N+]12CC2. The third-order valence-electron chi connectivity index (χ3n) is 2.84. The predicted molar refractivity (Wildman–Crippen MR) is 45.1 cm³/mol. The number of amides is 2. The predicted octanol–water partition coefficient (Wildman–Crippen LogP) is 0.811. The third kappa shape index (κ3) is 0.641. The van der Waals surface area contributed by atoms with Crippen LogP contribution >= 0.6 is 0 Å². The van der Waals surface area contributed by atoms with Gasteiger partial charge in [-0.25, -0.2) is 9.59 Å². The van der Waals surface area contributed by atoms with Crippen LogP contribution in [0.25, 0.3) is 0 Å². The highest BCUT2D eigenvalue weighted by Gasteiger charge is 2.63. The largest absolute Gasteiger partial charge is 0.354 e. The Morgan fingerprint density at radius 3 is 1.77 bits per heavy atom. The molecular weight excluding hydrogens is 166 g/mol. The molecule has 0 aliphatic carbocycles. The molecule has 0 bridgehead atoms. The van der Waals surface area contributed by atoms with Gasteiger partial charge in [0.25, 0.3) is 0 Å². The van der Waals surface area contributed by atoms with Crippen molar-refractivity contribution in [2.45, 2.75) is 0 Å². The van der Waals surface area contributed by atoms with Gasteiger partial charge in [-0.05, 0) is 12.1 Å². The van der Waals surface area contributed by atoms with Crippen molar-refractivity contribution in [3.63, 3.8) is 0 Å². The zero-order valence-corrected chi connectivity index (χ0v) is 6.99. The number of nitrogens with zero attached hydrogens (tertiary/aromatic N) is 1. The van der Waals surface area contributed by atoms with Crippen molar-refractivity contribution in [3.05, 3.63) is 35.4 Å². The molecule has 1 fully saturated rings. The van der Waals surface area contributed by atoms with Gasteiger partial charge in [0, 0.05) is 0 Å². The van der Waals surface area contributed by atoms with Gasteiger partial charge in [-0.1, -0.05) is 12.1 Å². The standard InChI is InChI=1S/C10H8NO2/c12-9-7-3-1-2-4-8(7)10(13)11(9)5-6-11/h1-4H,5-6H2/q+1. The molecule has 0 atom stereocenters. The lowest BCUT2D eigenvalue weighted by Crippen LogP contribution is -2.32. The fourth-order valence-corrected chi connectivity index (χ4v) is 1.92. The van der Waals surface area contributed by atoms with Crippen LogP contribution in [0.5, 0.6) is 0 Å². The molecule has 0 N–H and O–H groups in total. The molecule has 1 saturated heterocycles. The number of hydrogen-bond donors (Lipinski definition) is 0. The number of fused-ring (bicyclic) bond motifs is 1. The highest BCUT2D eigenvalue weighted by Crippen LogP contribution is 2.36. The van der Waals surface area contributed by atoms with Gasteiger partial charge < -0.3 is 0 Å². The first-order valence-electron chi connectivity index (χ1n) is 4.32. The summed E-state index contributed by atoms with van der Waals surface area (Å²) in [6.07, 6.45) is 0. The molecule has 0 radical (unpaired) electrons. The second-order valence-electron chi connectivity index (χ2n) is 3.57. The van der Waals surface area contributed by atoms with Gasteiger partial charge in [0.15, 0.2) is 0 Å². The Bertz CT molecular complexity index is 395. The number of rotatable bonds is 0. The van der Waals surface area contributed by atoms with Crippen LogP contribution in [0, 0.1) is 0 Å². The minimum Gasteiger partial charge on any atom is -0.225 e. The Morgan fingerprint density at radius 1 is 0.923 bits per heavy atom. The average molecular weight is 174 g/mol. The Balaban J connectivity index is 2.30. The molecule has 0 aromatic heterocycles. The van der Waals surface area contributed by atoms with Gasteiger partial charge in [-0.3, -0.25) is 0 Å². The number of hydrogen-bond acceptors (Lipinski definition) is 2. The second kappa shape index (κ2) is 1.88. The van der Waals surface area contributed by atoms with E-state index in [2.05, 4.69) is 0 Å². The van der Waals surface area contributed by atoms with E-state index in [-0.39, 0.29) is 16.3 Å². The van der Waals surface area contributed by atoms with E-state index in [1.807, 2.05) is 0 Å². The zero-order valence-electron chi connectivity index (χ0n) is 6.99. The summed E-state index contributed by atoms with van der Waals surface area (Å²) in [5.74, 6) is -0.0267. The topological polar surface area (TPSA) is 34.1 Å². The minimum atomic E-state index is -0.0133. The van der Waals surface area contributed by atoms with Crippen LogP contribution in [0.15, 0.2) is 24.3 Å². The third-order valence-corrected chi connectivity index (χ3v) is 2.84. The fraction of sp³-hybridized carbons (Fsp3) is 0.200. The minimum absolute atomic E-state index is 0.0133. The average Bonchev–Trinajstić information content (AvgIpc) is 2.93. The molecule has 1 aromatic carbocycles. The summed E-state index contributed by atoms with van der Waals surface area (Å²) in [4.78, 5) is 23.5. The quantitative estimate of drug-likeness (QED) is 0.331. The summed E-state index contributed by atoms with van der Waals surface area (Å²) < 4.78 is 0.0549. The van der Waals surface area contributed by atoms with Crippen LogP contribution < -0.4 is 0 Å². The maximum atomic E-state index is 11.7. The van der Waals surface area contributed by atoms with Crippen LogP contribution in [0.4, 0.5) is 0 Å². The van der Waals surface area contributed by atoms with E-state index in [0.29, 0.717) is 24.2 Å². The summed E-state index contributed by atoms with van der Waals surface area (Å²) >= 11 is 0. The molecule has 3 nitrogen and oxygen atoms in total. The fourth-order valence-electron chi connectivity index (χ4n) is 1.92. The molecule has 2 amide bonds. The van der Waals surface area contributed by atoms with Gasteiger partial charge in [0.05, 0.1) is 11.1 Å². The van der Waals surface area contributed by atoms with E-state index >= 15 is 0 Å². The van der Waals surface area contributed by atoms with Crippen LogP contribution in [0.3, 0.4) is 0 Å². The highest BCUT2D eigenvalue weighted by molar-refractivity contribution is 6.14. The second-order valence-corrected chi connectivity index (χ2v) is 3.57. The number of carbonyl (C=O) groups excluding carboxylic acids is 2. The van der Waals surface area contributed by atoms with Crippen LogP contribution in [-0.4, -0.2) is 29.4 Å². The Hall–Kier alpha value is -1.48. The summed E-state index contributed by atoms with van der Waals surface area (Å²) in [5, 5.41) is 0. The van der Waals surface area contributed by atoms with Gasteiger partial charge in [0.1, 0.15) is 13.1 Å². The number of benzene rings is 1. The van der Waals surface area contributed by atoms with E-state index in [4.69, 9.17) is 0 Å². The van der Waals surface area contributed by atoms with Crippen molar-refractivity contribution < 1.29 is 14.1 Å². The van der Waals surface area contributed by atoms with E-state index in [0.717, 1.165) is 0 Å². The summed E-state index contributed by atoms with van der Waals surface area (Å²) in [6.45, 7) is 1.37. The van der Waals surface area contributed by atoms with Crippen molar-refractivity contribution in [3.8, 4) is 0 Å². The molecule has 1 aromatic rings. The lowest BCUT2D eigenvalue weighted by molar-refractivity contribution is -0.613. The van der Waals surface area contributed by atoms with Crippen molar-refractivity contribution >= 4 is 11.8 Å². The summed E-state index contributed by atoms with van der Waals surface area (Å²) in [6, 6.07) is 7.08. The first-order valence-corrected chi connectivity index (χ1v) is 4.32. The normalized spacial score (nSPS) is 22.2. The molecule has 0 saturated carbocycles. The van der Waals surface area contributed by atoms with E-state index in [1.54, 1.807) is 24.3 Å². The molecule has 64 valence electrons. The number of imide groups is 1. The van der Waals surface area contributed by atoms with Gasteiger partial charge in [-0.15, -0.1) is 0 Å². The van der Waals surface area contributed by atoms with Crippen molar-refractivity contribution in [2.75, 3.05) is 13.1 Å². The lowest BCUT2D eigenvalue weighted by atomic mass is 10.1. The molecular formula is C10H8NO2+. The molecule has 0 unspecified atom stereocenters.